The fourth-order valence-electron chi connectivity index (χ4n) is 3.35. The monoisotopic (exact) mass is 377 g/mol. The number of hydrogen-bond acceptors (Lipinski definition) is 3. The molecule has 0 bridgehead atoms. The number of amides is 1. The summed E-state index contributed by atoms with van der Waals surface area (Å²) < 4.78 is 11.6. The van der Waals surface area contributed by atoms with Gasteiger partial charge in [-0.2, -0.15) is 0 Å². The summed E-state index contributed by atoms with van der Waals surface area (Å²) in [6, 6.07) is 11.8. The van der Waals surface area contributed by atoms with Gasteiger partial charge in [0.15, 0.2) is 0 Å². The molecule has 0 atom stereocenters. The lowest BCUT2D eigenvalue weighted by Crippen LogP contribution is -2.10. The molecule has 1 heterocycles. The zero-order valence-electron chi connectivity index (χ0n) is 17.2. The van der Waals surface area contributed by atoms with Gasteiger partial charge in [-0.3, -0.25) is 4.79 Å². The van der Waals surface area contributed by atoms with Crippen molar-refractivity contribution in [3.8, 4) is 5.75 Å². The number of ether oxygens (including phenoxy) is 1. The Balaban J connectivity index is 1.96. The smallest absolute Gasteiger partial charge is 0.248 e. The van der Waals surface area contributed by atoms with Gasteiger partial charge in [0.05, 0.1) is 6.61 Å². The molecular formula is C24H27NO3. The van der Waals surface area contributed by atoms with Crippen molar-refractivity contribution >= 4 is 28.1 Å². The van der Waals surface area contributed by atoms with Crippen molar-refractivity contribution in [2.24, 2.45) is 0 Å². The summed E-state index contributed by atoms with van der Waals surface area (Å²) in [6.07, 6.45) is 2.49. The van der Waals surface area contributed by atoms with Crippen LogP contribution in [-0.4, -0.2) is 12.5 Å². The number of rotatable bonds is 6. The largest absolute Gasteiger partial charge is 0.493 e. The van der Waals surface area contributed by atoms with Gasteiger partial charge in [0, 0.05) is 28.8 Å². The maximum atomic E-state index is 12.6. The van der Waals surface area contributed by atoms with E-state index in [0.29, 0.717) is 6.61 Å². The van der Waals surface area contributed by atoms with Crippen molar-refractivity contribution in [3.63, 3.8) is 0 Å². The van der Waals surface area contributed by atoms with E-state index in [-0.39, 0.29) is 5.91 Å². The Hall–Kier alpha value is -3.01. The van der Waals surface area contributed by atoms with Gasteiger partial charge in [-0.25, -0.2) is 0 Å². The minimum absolute atomic E-state index is 0.152. The van der Waals surface area contributed by atoms with Crippen LogP contribution in [-0.2, 0) is 11.2 Å². The van der Waals surface area contributed by atoms with E-state index in [1.807, 2.05) is 64.1 Å². The first kappa shape index (κ1) is 19.7. The highest BCUT2D eigenvalue weighted by molar-refractivity contribution is 6.05. The number of benzene rings is 2. The molecule has 0 aliphatic rings. The molecule has 2 aromatic carbocycles. The van der Waals surface area contributed by atoms with Gasteiger partial charge in [-0.15, -0.1) is 0 Å². The number of carbonyl (C=O) groups is 1. The van der Waals surface area contributed by atoms with Crippen LogP contribution in [0.2, 0.25) is 0 Å². The summed E-state index contributed by atoms with van der Waals surface area (Å²) in [5.41, 5.74) is 5.61. The number of nitrogens with one attached hydrogen (secondary N) is 1. The van der Waals surface area contributed by atoms with Gasteiger partial charge in [0.2, 0.25) is 5.91 Å². The molecule has 0 radical (unpaired) electrons. The number of fused-ring (bicyclic) bond motifs is 1. The fraction of sp³-hybridized carbons (Fsp3) is 0.292. The van der Waals surface area contributed by atoms with E-state index in [4.69, 9.17) is 9.15 Å². The normalized spacial score (nSPS) is 11.7. The minimum Gasteiger partial charge on any atom is -0.493 e. The molecule has 28 heavy (non-hydrogen) atoms. The Bertz CT molecular complexity index is 1040. The predicted octanol–water partition coefficient (Wildman–Crippen LogP) is 6.05. The third-order valence-corrected chi connectivity index (χ3v) is 5.01. The number of carbonyl (C=O) groups excluding carboxylic acids is 1. The van der Waals surface area contributed by atoms with Crippen LogP contribution in [0.3, 0.4) is 0 Å². The summed E-state index contributed by atoms with van der Waals surface area (Å²) >= 11 is 0. The molecule has 0 unspecified atom stereocenters. The van der Waals surface area contributed by atoms with Gasteiger partial charge in [0.1, 0.15) is 17.1 Å². The Morgan fingerprint density at radius 1 is 1.18 bits per heavy atom. The van der Waals surface area contributed by atoms with Gasteiger partial charge < -0.3 is 14.5 Å². The Morgan fingerprint density at radius 2 is 1.93 bits per heavy atom. The highest BCUT2D eigenvalue weighted by Crippen LogP contribution is 2.35. The summed E-state index contributed by atoms with van der Waals surface area (Å²) in [4.78, 5) is 12.6. The van der Waals surface area contributed by atoms with E-state index in [1.54, 1.807) is 6.08 Å². The van der Waals surface area contributed by atoms with Crippen LogP contribution in [0, 0.1) is 13.8 Å². The molecule has 3 aromatic rings. The summed E-state index contributed by atoms with van der Waals surface area (Å²) in [5.74, 6) is 1.46. The van der Waals surface area contributed by atoms with Gasteiger partial charge in [-0.05, 0) is 62.9 Å². The predicted molar refractivity (Wildman–Crippen MR) is 115 cm³/mol. The summed E-state index contributed by atoms with van der Waals surface area (Å²) in [7, 11) is 0. The van der Waals surface area contributed by atoms with E-state index in [2.05, 4.69) is 12.2 Å². The average molecular weight is 377 g/mol. The second-order valence-electron chi connectivity index (χ2n) is 6.89. The number of aryl methyl sites for hydroxylation is 3. The van der Waals surface area contributed by atoms with E-state index >= 15 is 0 Å². The molecule has 0 aliphatic carbocycles. The van der Waals surface area contributed by atoms with Gasteiger partial charge in [0.25, 0.3) is 0 Å². The second kappa shape index (κ2) is 8.34. The molecule has 4 nitrogen and oxygen atoms in total. The molecule has 0 fully saturated rings. The molecule has 1 amide bonds. The van der Waals surface area contributed by atoms with E-state index in [1.165, 1.54) is 0 Å². The number of para-hydroxylation sites is 1. The zero-order chi connectivity index (χ0) is 20.3. The lowest BCUT2D eigenvalue weighted by molar-refractivity contribution is -0.111. The maximum absolute atomic E-state index is 12.6. The maximum Gasteiger partial charge on any atom is 0.248 e. The van der Waals surface area contributed by atoms with Crippen molar-refractivity contribution in [2.75, 3.05) is 11.9 Å². The van der Waals surface area contributed by atoms with Crippen molar-refractivity contribution in [1.29, 1.82) is 0 Å². The fourth-order valence-corrected chi connectivity index (χ4v) is 3.35. The van der Waals surface area contributed by atoms with Crippen molar-refractivity contribution in [2.45, 2.75) is 41.0 Å². The molecular weight excluding hydrogens is 350 g/mol. The first-order valence-electron chi connectivity index (χ1n) is 9.68. The van der Waals surface area contributed by atoms with Gasteiger partial charge >= 0.3 is 0 Å². The van der Waals surface area contributed by atoms with Crippen LogP contribution in [0.4, 0.5) is 5.69 Å². The highest BCUT2D eigenvalue weighted by Gasteiger charge is 2.15. The highest BCUT2D eigenvalue weighted by atomic mass is 16.5. The van der Waals surface area contributed by atoms with Crippen LogP contribution < -0.4 is 10.1 Å². The standard InChI is InChI=1S/C24H27NO3/c1-6-18-10-8-9-11-21(18)25-24(26)12-15(3)19-13-20-16(4)17(5)28-23(20)14-22(19)27-7-2/h8-14H,6-7H2,1-5H3,(H,25,26)/b15-12+. The zero-order valence-corrected chi connectivity index (χ0v) is 17.2. The summed E-state index contributed by atoms with van der Waals surface area (Å²) in [6.45, 7) is 10.5. The molecule has 1 N–H and O–H groups in total. The van der Waals surface area contributed by atoms with Crippen LogP contribution >= 0.6 is 0 Å². The third kappa shape index (κ3) is 3.96. The topological polar surface area (TPSA) is 51.5 Å². The van der Waals surface area contributed by atoms with E-state index in [9.17, 15) is 4.79 Å². The van der Waals surface area contributed by atoms with E-state index in [0.717, 1.165) is 56.9 Å². The Morgan fingerprint density at radius 3 is 2.64 bits per heavy atom. The lowest BCUT2D eigenvalue weighted by Gasteiger charge is -2.12. The molecule has 3 rings (SSSR count). The SMILES string of the molecule is CCOc1cc2oc(C)c(C)c2cc1/C(C)=C/C(=O)Nc1ccccc1CC. The Labute approximate surface area is 166 Å². The van der Waals surface area contributed by atoms with Crippen molar-refractivity contribution in [3.05, 3.63) is 64.9 Å². The molecule has 0 saturated carbocycles. The van der Waals surface area contributed by atoms with Crippen LogP contribution in [0.15, 0.2) is 46.9 Å². The van der Waals surface area contributed by atoms with Crippen LogP contribution in [0.25, 0.3) is 16.5 Å². The number of allylic oxidation sites excluding steroid dienone is 1. The second-order valence-corrected chi connectivity index (χ2v) is 6.89. The minimum atomic E-state index is -0.152. The number of furan rings is 1. The first-order valence-corrected chi connectivity index (χ1v) is 9.68. The first-order chi connectivity index (χ1) is 13.4. The van der Waals surface area contributed by atoms with Crippen molar-refractivity contribution < 1.29 is 13.9 Å². The Kier molecular flexibility index (Phi) is 5.88. The number of anilines is 1. The molecule has 4 heteroatoms. The van der Waals surface area contributed by atoms with Gasteiger partial charge in [-0.1, -0.05) is 25.1 Å². The van der Waals surface area contributed by atoms with E-state index < -0.39 is 0 Å². The lowest BCUT2D eigenvalue weighted by atomic mass is 10.0. The number of hydrogen-bond donors (Lipinski definition) is 1. The summed E-state index contributed by atoms with van der Waals surface area (Å²) in [5, 5.41) is 4.03. The van der Waals surface area contributed by atoms with Crippen LogP contribution in [0.1, 0.15) is 43.2 Å². The molecule has 1 aromatic heterocycles. The quantitative estimate of drug-likeness (QED) is 0.532. The molecule has 146 valence electrons. The molecule has 0 aliphatic heterocycles. The van der Waals surface area contributed by atoms with Crippen molar-refractivity contribution in [1.82, 2.24) is 0 Å². The third-order valence-electron chi connectivity index (χ3n) is 5.01. The molecule has 0 saturated heterocycles. The van der Waals surface area contributed by atoms with Crippen LogP contribution in [0.5, 0.6) is 5.75 Å². The molecule has 0 spiro atoms. The average Bonchev–Trinajstić information content (AvgIpc) is 2.95.